The van der Waals surface area contributed by atoms with Gasteiger partial charge in [0.05, 0.1) is 15.1 Å². The molecule has 1 aromatic heterocycles. The summed E-state index contributed by atoms with van der Waals surface area (Å²) in [6.07, 6.45) is 1.77. The maximum Gasteiger partial charge on any atom is 0.279 e. The second-order valence-corrected chi connectivity index (χ2v) is 10.9. The van der Waals surface area contributed by atoms with Gasteiger partial charge >= 0.3 is 0 Å². The minimum atomic E-state index is -3.77. The van der Waals surface area contributed by atoms with E-state index in [0.717, 1.165) is 15.8 Å². The van der Waals surface area contributed by atoms with Crippen molar-refractivity contribution in [1.82, 2.24) is 4.57 Å². The lowest BCUT2D eigenvalue weighted by molar-refractivity contribution is 0.0998. The van der Waals surface area contributed by atoms with Crippen LogP contribution < -0.4 is 9.52 Å². The molecule has 9 heteroatoms. The Balaban J connectivity index is 1.62. The highest BCUT2D eigenvalue weighted by Crippen LogP contribution is 2.23. The number of hydrogen-bond acceptors (Lipinski definition) is 4. The average Bonchev–Trinajstić information content (AvgIpc) is 3.10. The summed E-state index contributed by atoms with van der Waals surface area (Å²) in [6.45, 7) is 8.45. The first-order valence-electron chi connectivity index (χ1n) is 10.4. The summed E-state index contributed by atoms with van der Waals surface area (Å²) in [4.78, 5) is 17.9. The van der Waals surface area contributed by atoms with Crippen LogP contribution in [0.3, 0.4) is 0 Å². The van der Waals surface area contributed by atoms with E-state index in [1.165, 1.54) is 53.3 Å². The van der Waals surface area contributed by atoms with Crippen molar-refractivity contribution in [2.45, 2.75) is 25.3 Å². The van der Waals surface area contributed by atoms with Crippen molar-refractivity contribution in [1.29, 1.82) is 0 Å². The van der Waals surface area contributed by atoms with Crippen LogP contribution >= 0.6 is 22.9 Å². The Bertz CT molecular complexity index is 1570. The Labute approximate surface area is 206 Å². The minimum absolute atomic E-state index is 0.0917. The Hall–Kier alpha value is -3.20. The molecule has 0 aliphatic heterocycles. The highest BCUT2D eigenvalue weighted by molar-refractivity contribution is 7.92. The molecule has 0 saturated carbocycles. The van der Waals surface area contributed by atoms with Crippen molar-refractivity contribution in [3.8, 4) is 0 Å². The predicted molar refractivity (Wildman–Crippen MR) is 138 cm³/mol. The molecule has 4 aromatic rings. The van der Waals surface area contributed by atoms with E-state index in [2.05, 4.69) is 42.3 Å². The van der Waals surface area contributed by atoms with Crippen molar-refractivity contribution >= 4 is 54.8 Å². The van der Waals surface area contributed by atoms with E-state index < -0.39 is 15.9 Å². The van der Waals surface area contributed by atoms with Crippen LogP contribution in [-0.2, 0) is 16.6 Å². The van der Waals surface area contributed by atoms with Gasteiger partial charge in [-0.1, -0.05) is 29.0 Å². The molecule has 6 nitrogen and oxygen atoms in total. The van der Waals surface area contributed by atoms with Gasteiger partial charge in [-0.05, 0) is 85.6 Å². The van der Waals surface area contributed by atoms with E-state index in [-0.39, 0.29) is 4.90 Å². The van der Waals surface area contributed by atoms with Gasteiger partial charge in [0.15, 0.2) is 4.80 Å². The Morgan fingerprint density at radius 1 is 1.09 bits per heavy atom. The zero-order valence-electron chi connectivity index (χ0n) is 18.6. The SMILES string of the molecule is C=CCn1c(=NC(=O)c2ccc(NS(=O)(=O)c3ccc(Cl)cc3)cc2)sc2cc(C)c(C)cc21. The highest BCUT2D eigenvalue weighted by Gasteiger charge is 2.15. The van der Waals surface area contributed by atoms with E-state index in [9.17, 15) is 13.2 Å². The number of nitrogens with one attached hydrogen (secondary N) is 1. The lowest BCUT2D eigenvalue weighted by Gasteiger charge is -2.08. The third-order valence-corrected chi connectivity index (χ3v) is 8.01. The largest absolute Gasteiger partial charge is 0.312 e. The van der Waals surface area contributed by atoms with Gasteiger partial charge in [-0.2, -0.15) is 4.99 Å². The summed E-state index contributed by atoms with van der Waals surface area (Å²) < 4.78 is 30.6. The zero-order valence-corrected chi connectivity index (χ0v) is 21.0. The molecular weight excluding hydrogens is 490 g/mol. The number of halogens is 1. The van der Waals surface area contributed by atoms with Gasteiger partial charge in [-0.25, -0.2) is 8.42 Å². The summed E-state index contributed by atoms with van der Waals surface area (Å²) in [6, 6.07) is 16.2. The number of aromatic nitrogens is 1. The molecule has 1 amide bonds. The zero-order chi connectivity index (χ0) is 24.5. The summed E-state index contributed by atoms with van der Waals surface area (Å²) in [5.41, 5.74) is 4.03. The predicted octanol–water partition coefficient (Wildman–Crippen LogP) is 5.70. The number of nitrogens with zero attached hydrogens (tertiary/aromatic N) is 2. The van der Waals surface area contributed by atoms with Crippen LogP contribution in [0.5, 0.6) is 0 Å². The number of benzene rings is 3. The molecule has 1 heterocycles. The maximum absolute atomic E-state index is 12.9. The van der Waals surface area contributed by atoms with Crippen molar-refractivity contribution in [3.05, 3.63) is 99.8 Å². The van der Waals surface area contributed by atoms with E-state index in [4.69, 9.17) is 11.6 Å². The molecule has 0 saturated heterocycles. The molecule has 0 fully saturated rings. The Morgan fingerprint density at radius 2 is 1.74 bits per heavy atom. The van der Waals surface area contributed by atoms with Gasteiger partial charge in [-0.3, -0.25) is 9.52 Å². The van der Waals surface area contributed by atoms with Gasteiger partial charge in [0, 0.05) is 22.8 Å². The van der Waals surface area contributed by atoms with Crippen LogP contribution in [0.2, 0.25) is 5.02 Å². The topological polar surface area (TPSA) is 80.5 Å². The van der Waals surface area contributed by atoms with E-state index in [1.807, 2.05) is 4.57 Å². The van der Waals surface area contributed by atoms with Crippen LogP contribution in [0.15, 0.2) is 83.2 Å². The third-order valence-electron chi connectivity index (χ3n) is 5.32. The standard InChI is InChI=1S/C25H22ClN3O3S2/c1-4-13-29-22-14-16(2)17(3)15-23(22)33-25(29)27-24(30)18-5-9-20(10-6-18)28-34(31,32)21-11-7-19(26)8-12-21/h4-12,14-15,28H,1,13H2,2-3H3. The number of anilines is 1. The van der Waals surface area contributed by atoms with Gasteiger partial charge in [-0.15, -0.1) is 6.58 Å². The fourth-order valence-electron chi connectivity index (χ4n) is 3.37. The number of allylic oxidation sites excluding steroid dienone is 1. The molecule has 0 atom stereocenters. The highest BCUT2D eigenvalue weighted by atomic mass is 35.5. The lowest BCUT2D eigenvalue weighted by atomic mass is 10.1. The first-order chi connectivity index (χ1) is 16.2. The number of fused-ring (bicyclic) bond motifs is 1. The molecule has 0 bridgehead atoms. The number of sulfonamides is 1. The normalized spacial score (nSPS) is 12.1. The second kappa shape index (κ2) is 9.58. The summed E-state index contributed by atoms with van der Waals surface area (Å²) in [5, 5.41) is 0.448. The van der Waals surface area contributed by atoms with E-state index in [1.54, 1.807) is 18.2 Å². The summed E-state index contributed by atoms with van der Waals surface area (Å²) in [5.74, 6) is -0.412. The number of aryl methyl sites for hydroxylation is 2. The molecule has 0 radical (unpaired) electrons. The van der Waals surface area contributed by atoms with Gasteiger partial charge < -0.3 is 4.57 Å². The first kappa shape index (κ1) is 23.9. The van der Waals surface area contributed by atoms with Crippen LogP contribution in [-0.4, -0.2) is 18.9 Å². The number of carbonyl (C=O) groups is 1. The smallest absolute Gasteiger partial charge is 0.279 e. The Kier molecular flexibility index (Phi) is 6.74. The average molecular weight is 512 g/mol. The molecule has 0 aliphatic carbocycles. The van der Waals surface area contributed by atoms with Crippen molar-refractivity contribution < 1.29 is 13.2 Å². The molecule has 0 unspecified atom stereocenters. The maximum atomic E-state index is 12.9. The van der Waals surface area contributed by atoms with Crippen LogP contribution in [0.1, 0.15) is 21.5 Å². The first-order valence-corrected chi connectivity index (χ1v) is 13.0. The van der Waals surface area contributed by atoms with Gasteiger partial charge in [0.25, 0.3) is 15.9 Å². The van der Waals surface area contributed by atoms with Gasteiger partial charge in [0.1, 0.15) is 0 Å². The number of amides is 1. The third kappa shape index (κ3) is 4.99. The van der Waals surface area contributed by atoms with E-state index in [0.29, 0.717) is 27.6 Å². The van der Waals surface area contributed by atoms with Crippen molar-refractivity contribution in [3.63, 3.8) is 0 Å². The van der Waals surface area contributed by atoms with Crippen LogP contribution in [0.4, 0.5) is 5.69 Å². The minimum Gasteiger partial charge on any atom is -0.312 e. The number of hydrogen-bond donors (Lipinski definition) is 1. The lowest BCUT2D eigenvalue weighted by Crippen LogP contribution is -2.16. The molecule has 1 N–H and O–H groups in total. The molecular formula is C25H22ClN3O3S2. The molecule has 0 spiro atoms. The fourth-order valence-corrected chi connectivity index (χ4v) is 5.67. The fraction of sp³-hybridized carbons (Fsp3) is 0.120. The van der Waals surface area contributed by atoms with E-state index >= 15 is 0 Å². The number of carbonyl (C=O) groups excluding carboxylic acids is 1. The number of thiazole rings is 1. The molecule has 3 aromatic carbocycles. The Morgan fingerprint density at radius 3 is 2.38 bits per heavy atom. The second-order valence-electron chi connectivity index (χ2n) is 7.74. The molecule has 4 rings (SSSR count). The van der Waals surface area contributed by atoms with Gasteiger partial charge in [0.2, 0.25) is 0 Å². The summed E-state index contributed by atoms with van der Waals surface area (Å²) >= 11 is 7.28. The quantitative estimate of drug-likeness (QED) is 0.337. The monoisotopic (exact) mass is 511 g/mol. The van der Waals surface area contributed by atoms with Crippen LogP contribution in [0, 0.1) is 13.8 Å². The molecule has 34 heavy (non-hydrogen) atoms. The molecule has 174 valence electrons. The van der Waals surface area contributed by atoms with Crippen molar-refractivity contribution in [2.24, 2.45) is 4.99 Å². The number of rotatable bonds is 6. The van der Waals surface area contributed by atoms with Crippen molar-refractivity contribution in [2.75, 3.05) is 4.72 Å². The van der Waals surface area contributed by atoms with Crippen LogP contribution in [0.25, 0.3) is 10.2 Å². The summed E-state index contributed by atoms with van der Waals surface area (Å²) in [7, 11) is -3.77. The molecule has 0 aliphatic rings.